The van der Waals surface area contributed by atoms with Crippen molar-refractivity contribution in [3.05, 3.63) is 362 Å². The summed E-state index contributed by atoms with van der Waals surface area (Å²) in [5.41, 5.74) is 10.1. The van der Waals surface area contributed by atoms with Gasteiger partial charge in [0.25, 0.3) is 0 Å². The van der Waals surface area contributed by atoms with Gasteiger partial charge < -0.3 is 37.9 Å². The zero-order valence-corrected chi connectivity index (χ0v) is 61.4. The van der Waals surface area contributed by atoms with Crippen LogP contribution in [0, 0.1) is 0 Å². The van der Waals surface area contributed by atoms with Crippen LogP contribution in [0.1, 0.15) is 93.8 Å². The second-order valence-corrected chi connectivity index (χ2v) is 25.1. The normalized spacial score (nSPS) is 10.4. The van der Waals surface area contributed by atoms with Crippen LogP contribution in [0.4, 0.5) is 0 Å². The van der Waals surface area contributed by atoms with Crippen LogP contribution >= 0.6 is 0 Å². The lowest BCUT2D eigenvalue weighted by molar-refractivity contribution is -0.701. The molecule has 21 heteroatoms. The average Bonchev–Trinajstić information content (AvgIpc) is 1.65. The molecule has 8 heterocycles. The molecule has 0 amide bonds. The number of rotatable bonds is 23. The van der Waals surface area contributed by atoms with Crippen molar-refractivity contribution in [1.29, 1.82) is 0 Å². The van der Waals surface area contributed by atoms with Crippen molar-refractivity contribution < 1.29 is 80.1 Å². The van der Waals surface area contributed by atoms with Gasteiger partial charge in [-0.3, -0.25) is 18.3 Å². The van der Waals surface area contributed by atoms with Gasteiger partial charge >= 0.3 is 29.8 Å². The van der Waals surface area contributed by atoms with Gasteiger partial charge in [-0.2, -0.15) is 18.3 Å². The average molecular weight is 1540 g/mol. The summed E-state index contributed by atoms with van der Waals surface area (Å²) in [6, 6.07) is 82.3. The molecule has 8 aromatic heterocycles. The summed E-state index contributed by atoms with van der Waals surface area (Å²) in [6.07, 6.45) is 20.5. The maximum Gasteiger partial charge on any atom is 0.354 e. The molecule has 0 fully saturated rings. The number of carbonyl (C=O) groups excluding carboxylic acids is 5. The summed E-state index contributed by atoms with van der Waals surface area (Å²) < 4.78 is 57.9. The van der Waals surface area contributed by atoms with Crippen LogP contribution in [0.15, 0.2) is 317 Å². The van der Waals surface area contributed by atoms with E-state index in [1.165, 1.54) is 41.6 Å². The summed E-state index contributed by atoms with van der Waals surface area (Å²) in [4.78, 5) is 60.0. The van der Waals surface area contributed by atoms with Crippen LogP contribution < -0.4 is 32.5 Å². The number of pyridine rings is 4. The molecule has 0 N–H and O–H groups in total. The minimum Gasteiger partial charge on any atom is -0.489 e. The van der Waals surface area contributed by atoms with E-state index in [9.17, 15) is 24.0 Å². The van der Waals surface area contributed by atoms with Gasteiger partial charge in [-0.05, 0) is 108 Å². The summed E-state index contributed by atoms with van der Waals surface area (Å²) >= 11 is 0. The van der Waals surface area contributed by atoms with E-state index in [0.717, 1.165) is 83.1 Å². The Bertz CT molecular complexity index is 5230. The number of fused-ring (bicyclic) bond motifs is 4. The highest BCUT2D eigenvalue weighted by atomic mass is 16.5. The molecule has 0 aliphatic carbocycles. The molecule has 0 saturated heterocycles. The summed E-state index contributed by atoms with van der Waals surface area (Å²) in [5.74, 6) is 0.422. The number of hydrogen-bond donors (Lipinski definition) is 0. The number of nitrogens with zero attached hydrogens (tertiary/aromatic N) is 8. The van der Waals surface area contributed by atoms with E-state index in [-0.39, 0.29) is 53.6 Å². The number of carbonyl (C=O) groups is 5. The molecule has 0 unspecified atom stereocenters. The van der Waals surface area contributed by atoms with E-state index in [4.69, 9.17) is 33.2 Å². The van der Waals surface area contributed by atoms with Gasteiger partial charge in [-0.1, -0.05) is 157 Å². The first-order valence-electron chi connectivity index (χ1n) is 35.2. The first-order valence-corrected chi connectivity index (χ1v) is 35.2. The standard InChI is InChI=1S/3C23H21N2O3.C20H19N2O4.4CH4/c3*1-27-23(26)22-15-19-14-20(28-16-18-8-4-2-5-9-18)10-11-21(19)25(22)17-24-12-6-3-7-13-24;1-25-19(23)10-9-15-13-22(18-8-4-3-7-17(15)18)14-21-11-5-6-16(12-21)20(24)26-2;;;;/h3*2-15H,16-17H2,1H3;3-13H,14H2,1-2H3;4*1H4/q4*+1;;;;/b;;;10-9+;;;;. The lowest BCUT2D eigenvalue weighted by Gasteiger charge is -2.08. The van der Waals surface area contributed by atoms with Crippen molar-refractivity contribution in [3.8, 4) is 17.2 Å². The Morgan fingerprint density at radius 3 is 1.04 bits per heavy atom. The number of hydrogen-bond acceptors (Lipinski definition) is 13. The minimum absolute atomic E-state index is 0. The number of ether oxygens (including phenoxy) is 8. The molecule has 0 bridgehead atoms. The van der Waals surface area contributed by atoms with Crippen molar-refractivity contribution in [3.63, 3.8) is 0 Å². The van der Waals surface area contributed by atoms with Crippen LogP contribution in [0.5, 0.6) is 17.2 Å². The summed E-state index contributed by atoms with van der Waals surface area (Å²) in [6.45, 7) is 3.54. The largest absolute Gasteiger partial charge is 0.489 e. The Morgan fingerprint density at radius 2 is 0.675 bits per heavy atom. The highest BCUT2D eigenvalue weighted by molar-refractivity contribution is 5.98. The van der Waals surface area contributed by atoms with Crippen molar-refractivity contribution in [2.24, 2.45) is 0 Å². The molecule has 0 aliphatic heterocycles. The van der Waals surface area contributed by atoms with E-state index in [1.807, 2.05) is 329 Å². The highest BCUT2D eigenvalue weighted by Crippen LogP contribution is 2.30. The van der Waals surface area contributed by atoms with Gasteiger partial charge in [0.05, 0.1) is 57.6 Å². The van der Waals surface area contributed by atoms with Crippen LogP contribution in [0.25, 0.3) is 49.7 Å². The molecule has 584 valence electrons. The quantitative estimate of drug-likeness (QED) is 0.0254. The molecule has 114 heavy (non-hydrogen) atoms. The second-order valence-electron chi connectivity index (χ2n) is 25.1. The Balaban J connectivity index is 0.000000188. The van der Waals surface area contributed by atoms with Gasteiger partial charge in [-0.25, -0.2) is 24.0 Å². The minimum atomic E-state index is -0.401. The maximum absolute atomic E-state index is 12.3. The Hall–Kier alpha value is -14.2. The molecule has 0 saturated carbocycles. The molecule has 0 radical (unpaired) electrons. The first kappa shape index (κ1) is 85.4. The van der Waals surface area contributed by atoms with Crippen LogP contribution in [-0.4, -0.2) is 83.7 Å². The van der Waals surface area contributed by atoms with E-state index >= 15 is 0 Å². The Labute approximate surface area is 665 Å². The van der Waals surface area contributed by atoms with Crippen LogP contribution in [0.2, 0.25) is 0 Å². The zero-order chi connectivity index (χ0) is 76.6. The molecular formula is C93H98N8O13+4. The molecule has 7 aromatic carbocycles. The molecule has 15 aromatic rings. The smallest absolute Gasteiger partial charge is 0.354 e. The fourth-order valence-corrected chi connectivity index (χ4v) is 12.4. The molecule has 0 spiro atoms. The fraction of sp³-hybridized carbons (Fsp3) is 0.172. The monoisotopic (exact) mass is 1530 g/mol. The third kappa shape index (κ3) is 22.1. The SMILES string of the molecule is C.C.C.C.COC(=O)/C=C/c1cn(C[n+]2cccc(C(=O)OC)c2)c2ccccc12.COC(=O)c1cc2cc(OCc3ccccc3)ccc2n1C[n+]1ccccc1.COC(=O)c1cc2cc(OCc3ccccc3)ccc2n1C[n+]1ccccc1.COC(=O)c1cc2cc(OCc3ccccc3)ccc2n1C[n+]1ccccc1. The van der Waals surface area contributed by atoms with Crippen molar-refractivity contribution >= 4 is 79.5 Å². The van der Waals surface area contributed by atoms with E-state index in [0.29, 0.717) is 69.1 Å². The predicted octanol–water partition coefficient (Wildman–Crippen LogP) is 16.4. The zero-order valence-electron chi connectivity index (χ0n) is 61.4. The second kappa shape index (κ2) is 42.1. The number of methoxy groups -OCH3 is 5. The number of aromatic nitrogens is 8. The fourth-order valence-electron chi connectivity index (χ4n) is 12.4. The van der Waals surface area contributed by atoms with E-state index in [1.54, 1.807) is 24.4 Å². The van der Waals surface area contributed by atoms with E-state index < -0.39 is 5.97 Å². The molecule has 15 rings (SSSR count). The van der Waals surface area contributed by atoms with Crippen molar-refractivity contribution in [2.75, 3.05) is 35.5 Å². The summed E-state index contributed by atoms with van der Waals surface area (Å²) in [5, 5.41) is 3.82. The third-order valence-electron chi connectivity index (χ3n) is 17.8. The molecular weight excluding hydrogens is 1440 g/mol. The lowest BCUT2D eigenvalue weighted by Crippen LogP contribution is -2.37. The van der Waals surface area contributed by atoms with Gasteiger partial charge in [0.1, 0.15) is 59.7 Å². The van der Waals surface area contributed by atoms with Gasteiger partial charge in [0, 0.05) is 81.8 Å². The molecule has 0 atom stereocenters. The first-order chi connectivity index (χ1) is 53.8. The number of benzene rings is 7. The Morgan fingerprint density at radius 1 is 0.333 bits per heavy atom. The van der Waals surface area contributed by atoms with E-state index in [2.05, 4.69) is 4.74 Å². The predicted molar refractivity (Wildman–Crippen MR) is 442 cm³/mol. The van der Waals surface area contributed by atoms with Crippen LogP contribution in [0.3, 0.4) is 0 Å². The van der Waals surface area contributed by atoms with Crippen molar-refractivity contribution in [1.82, 2.24) is 18.3 Å². The lowest BCUT2D eigenvalue weighted by atomic mass is 10.1. The topological polar surface area (TPSA) is 194 Å². The Kier molecular flexibility index (Phi) is 31.5. The number of esters is 5. The molecule has 0 aliphatic rings. The molecule has 21 nitrogen and oxygen atoms in total. The third-order valence-corrected chi connectivity index (χ3v) is 17.8. The number of para-hydroxylation sites is 1. The van der Waals surface area contributed by atoms with Gasteiger partial charge in [0.15, 0.2) is 49.6 Å². The van der Waals surface area contributed by atoms with Gasteiger partial charge in [0.2, 0.25) is 26.7 Å². The summed E-state index contributed by atoms with van der Waals surface area (Å²) in [7, 11) is 6.90. The maximum atomic E-state index is 12.3. The van der Waals surface area contributed by atoms with Crippen LogP contribution in [-0.2, 0) is 75.0 Å². The highest BCUT2D eigenvalue weighted by Gasteiger charge is 2.23. The van der Waals surface area contributed by atoms with Gasteiger partial charge in [-0.15, -0.1) is 0 Å². The van der Waals surface area contributed by atoms with Crippen molar-refractivity contribution in [2.45, 2.75) is 76.2 Å².